The van der Waals surface area contributed by atoms with E-state index in [1.165, 1.54) is 6.08 Å². The molecule has 1 unspecified atom stereocenters. The Morgan fingerprint density at radius 2 is 2.33 bits per heavy atom. The van der Waals surface area contributed by atoms with E-state index in [-0.39, 0.29) is 10.7 Å². The summed E-state index contributed by atoms with van der Waals surface area (Å²) in [5, 5.41) is 0. The van der Waals surface area contributed by atoms with Crippen molar-refractivity contribution in [1.29, 1.82) is 0 Å². The van der Waals surface area contributed by atoms with Crippen LogP contribution in [-0.2, 0) is 0 Å². The SMILES string of the molecule is C=C1C=CC(Br)C=C1F. The molecule has 0 saturated heterocycles. The summed E-state index contributed by atoms with van der Waals surface area (Å²) in [4.78, 5) is 0.0306. The molecular formula is C7H6BrF. The third kappa shape index (κ3) is 1.52. The van der Waals surface area contributed by atoms with Crippen LogP contribution in [0.2, 0.25) is 0 Å². The Labute approximate surface area is 61.9 Å². The molecule has 0 aliphatic heterocycles. The third-order valence-electron chi connectivity index (χ3n) is 1.09. The molecular weight excluding hydrogens is 183 g/mol. The van der Waals surface area contributed by atoms with Gasteiger partial charge in [-0.05, 0) is 6.08 Å². The molecule has 1 aliphatic carbocycles. The molecule has 0 heterocycles. The van der Waals surface area contributed by atoms with Gasteiger partial charge in [0.15, 0.2) is 0 Å². The van der Waals surface area contributed by atoms with Gasteiger partial charge in [0.05, 0.1) is 4.83 Å². The summed E-state index contributed by atoms with van der Waals surface area (Å²) >= 11 is 3.21. The highest BCUT2D eigenvalue weighted by molar-refractivity contribution is 9.09. The van der Waals surface area contributed by atoms with Crippen LogP contribution >= 0.6 is 15.9 Å². The van der Waals surface area contributed by atoms with E-state index in [9.17, 15) is 4.39 Å². The molecule has 0 N–H and O–H groups in total. The Kier molecular flexibility index (Phi) is 1.86. The average molecular weight is 189 g/mol. The Balaban J connectivity index is 2.82. The van der Waals surface area contributed by atoms with Gasteiger partial charge in [0.2, 0.25) is 0 Å². The largest absolute Gasteiger partial charge is 0.207 e. The van der Waals surface area contributed by atoms with Crippen molar-refractivity contribution in [2.45, 2.75) is 4.83 Å². The predicted octanol–water partition coefficient (Wildman–Crippen LogP) is 2.73. The molecule has 0 fully saturated rings. The number of halogens is 2. The third-order valence-corrected chi connectivity index (χ3v) is 1.66. The molecule has 0 amide bonds. The molecule has 1 rings (SSSR count). The molecule has 0 bridgehead atoms. The molecule has 1 aliphatic rings. The van der Waals surface area contributed by atoms with Gasteiger partial charge < -0.3 is 0 Å². The first-order chi connectivity index (χ1) is 4.20. The van der Waals surface area contributed by atoms with Crippen molar-refractivity contribution in [3.63, 3.8) is 0 Å². The van der Waals surface area contributed by atoms with Crippen molar-refractivity contribution in [1.82, 2.24) is 0 Å². The molecule has 0 nitrogen and oxygen atoms in total. The van der Waals surface area contributed by atoms with Gasteiger partial charge in [0, 0.05) is 5.57 Å². The zero-order valence-corrected chi connectivity index (χ0v) is 6.36. The van der Waals surface area contributed by atoms with Crippen molar-refractivity contribution in [3.05, 3.63) is 36.2 Å². The van der Waals surface area contributed by atoms with Crippen LogP contribution in [0.25, 0.3) is 0 Å². The summed E-state index contributed by atoms with van der Waals surface area (Å²) in [5.41, 5.74) is 0.450. The van der Waals surface area contributed by atoms with Gasteiger partial charge in [-0.3, -0.25) is 0 Å². The molecule has 0 saturated carbocycles. The minimum Gasteiger partial charge on any atom is -0.207 e. The lowest BCUT2D eigenvalue weighted by atomic mass is 10.1. The second-order valence-electron chi connectivity index (χ2n) is 1.84. The lowest BCUT2D eigenvalue weighted by Crippen LogP contribution is -1.94. The molecule has 48 valence electrons. The monoisotopic (exact) mass is 188 g/mol. The van der Waals surface area contributed by atoms with E-state index < -0.39 is 0 Å². The van der Waals surface area contributed by atoms with Gasteiger partial charge in [-0.2, -0.15) is 0 Å². The second kappa shape index (κ2) is 2.48. The lowest BCUT2D eigenvalue weighted by molar-refractivity contribution is 0.652. The predicted molar refractivity (Wildman–Crippen MR) is 40.2 cm³/mol. The van der Waals surface area contributed by atoms with Crippen LogP contribution in [0.3, 0.4) is 0 Å². The minimum atomic E-state index is -0.237. The Bertz CT molecular complexity index is 191. The number of rotatable bonds is 0. The van der Waals surface area contributed by atoms with Crippen LogP contribution in [0.5, 0.6) is 0 Å². The van der Waals surface area contributed by atoms with Crippen LogP contribution in [0, 0.1) is 0 Å². The van der Waals surface area contributed by atoms with Crippen molar-refractivity contribution in [2.75, 3.05) is 0 Å². The van der Waals surface area contributed by atoms with Crippen LogP contribution < -0.4 is 0 Å². The van der Waals surface area contributed by atoms with Gasteiger partial charge in [-0.15, -0.1) is 0 Å². The summed E-state index contributed by atoms with van der Waals surface area (Å²) in [7, 11) is 0. The smallest absolute Gasteiger partial charge is 0.127 e. The quantitative estimate of drug-likeness (QED) is 0.514. The van der Waals surface area contributed by atoms with Crippen molar-refractivity contribution in [3.8, 4) is 0 Å². The number of hydrogen-bond donors (Lipinski definition) is 0. The van der Waals surface area contributed by atoms with Crippen LogP contribution in [0.1, 0.15) is 0 Å². The van der Waals surface area contributed by atoms with E-state index in [2.05, 4.69) is 22.5 Å². The highest BCUT2D eigenvalue weighted by Gasteiger charge is 2.06. The number of alkyl halides is 1. The molecule has 2 heteroatoms. The fraction of sp³-hybridized carbons (Fsp3) is 0.143. The second-order valence-corrected chi connectivity index (χ2v) is 2.90. The summed E-state index contributed by atoms with van der Waals surface area (Å²) in [6.45, 7) is 3.48. The summed E-state index contributed by atoms with van der Waals surface area (Å²) < 4.78 is 12.5. The van der Waals surface area contributed by atoms with Gasteiger partial charge >= 0.3 is 0 Å². The van der Waals surface area contributed by atoms with E-state index in [0.717, 1.165) is 0 Å². The molecule has 1 atom stereocenters. The van der Waals surface area contributed by atoms with Crippen molar-refractivity contribution in [2.24, 2.45) is 0 Å². The Morgan fingerprint density at radius 1 is 1.67 bits per heavy atom. The van der Waals surface area contributed by atoms with E-state index in [1.54, 1.807) is 6.08 Å². The summed E-state index contributed by atoms with van der Waals surface area (Å²) in [5.74, 6) is -0.237. The highest BCUT2D eigenvalue weighted by atomic mass is 79.9. The zero-order chi connectivity index (χ0) is 6.85. The minimum absolute atomic E-state index is 0.0306. The highest BCUT2D eigenvalue weighted by Crippen LogP contribution is 2.20. The van der Waals surface area contributed by atoms with Crippen LogP contribution in [0.4, 0.5) is 4.39 Å². The molecule has 0 aromatic rings. The van der Waals surface area contributed by atoms with Crippen molar-refractivity contribution < 1.29 is 4.39 Å². The van der Waals surface area contributed by atoms with Gasteiger partial charge in [-0.1, -0.05) is 34.7 Å². The van der Waals surface area contributed by atoms with Gasteiger partial charge in [0.25, 0.3) is 0 Å². The fourth-order valence-corrected chi connectivity index (χ4v) is 0.975. The standard InChI is InChI=1S/C7H6BrF/c1-5-2-3-6(8)4-7(5)9/h2-4,6H,1H2. The Morgan fingerprint density at radius 3 is 2.78 bits per heavy atom. The molecule has 0 aromatic carbocycles. The normalized spacial score (nSPS) is 26.2. The van der Waals surface area contributed by atoms with E-state index >= 15 is 0 Å². The number of allylic oxidation sites excluding steroid dienone is 5. The molecule has 0 radical (unpaired) electrons. The molecule has 0 aromatic heterocycles. The van der Waals surface area contributed by atoms with E-state index in [0.29, 0.717) is 5.57 Å². The first-order valence-electron chi connectivity index (χ1n) is 2.59. The lowest BCUT2D eigenvalue weighted by Gasteiger charge is -2.04. The molecule has 0 spiro atoms. The fourth-order valence-electron chi connectivity index (χ4n) is 0.590. The van der Waals surface area contributed by atoms with Gasteiger partial charge in [0.1, 0.15) is 5.83 Å². The maximum atomic E-state index is 12.5. The van der Waals surface area contributed by atoms with E-state index in [1.807, 2.05) is 6.08 Å². The van der Waals surface area contributed by atoms with Crippen molar-refractivity contribution >= 4 is 15.9 Å². The topological polar surface area (TPSA) is 0 Å². The van der Waals surface area contributed by atoms with E-state index in [4.69, 9.17) is 0 Å². The summed E-state index contributed by atoms with van der Waals surface area (Å²) in [6.07, 6.45) is 4.97. The first kappa shape index (κ1) is 6.75. The average Bonchev–Trinajstić information content (AvgIpc) is 1.80. The maximum Gasteiger partial charge on any atom is 0.127 e. The summed E-state index contributed by atoms with van der Waals surface area (Å²) in [6, 6.07) is 0. The molecule has 9 heavy (non-hydrogen) atoms. The van der Waals surface area contributed by atoms with Gasteiger partial charge in [-0.25, -0.2) is 4.39 Å². The zero-order valence-electron chi connectivity index (χ0n) is 4.77. The first-order valence-corrected chi connectivity index (χ1v) is 3.50. The number of hydrogen-bond acceptors (Lipinski definition) is 0. The Hall–Kier alpha value is -0.370. The maximum absolute atomic E-state index is 12.5. The van der Waals surface area contributed by atoms with Crippen LogP contribution in [0.15, 0.2) is 36.2 Å². The van der Waals surface area contributed by atoms with Crippen LogP contribution in [-0.4, -0.2) is 4.83 Å².